The Morgan fingerprint density at radius 2 is 1.94 bits per heavy atom. The Hall–Kier alpha value is -3.51. The number of hydrogen-bond acceptors (Lipinski definition) is 6. The van der Waals surface area contributed by atoms with Crippen LogP contribution >= 0.6 is 11.6 Å². The van der Waals surface area contributed by atoms with Crippen molar-refractivity contribution in [2.45, 2.75) is 32.8 Å². The summed E-state index contributed by atoms with van der Waals surface area (Å²) in [4.78, 5) is 18.2. The topological polar surface area (TPSA) is 78.1 Å². The van der Waals surface area contributed by atoms with Gasteiger partial charge in [0.1, 0.15) is 0 Å². The molecule has 6 nitrogen and oxygen atoms in total. The summed E-state index contributed by atoms with van der Waals surface area (Å²) in [6.45, 7) is 1.62. The molecule has 0 aliphatic heterocycles. The van der Waals surface area contributed by atoms with Gasteiger partial charge in [0, 0.05) is 17.3 Å². The second-order valence-corrected chi connectivity index (χ2v) is 8.13. The molecule has 0 fully saturated rings. The summed E-state index contributed by atoms with van der Waals surface area (Å²) in [5.41, 5.74) is 5.23. The van der Waals surface area contributed by atoms with Gasteiger partial charge in [-0.25, -0.2) is 9.78 Å². The normalized spacial score (nSPS) is 14.5. The lowest BCUT2D eigenvalue weighted by atomic mass is 9.86. The van der Waals surface area contributed by atoms with Gasteiger partial charge in [0.05, 0.1) is 16.8 Å². The molecule has 0 atom stereocenters. The number of rotatable bonds is 4. The average Bonchev–Trinajstić information content (AvgIpc) is 3.23. The standard InChI is InChI=1S/C25H20ClN3O3/c1-15-28-29-22(32-15)14-31-25(30)23-19-6-2-3-8-21(19)27-24-17(5-4-7-20(23)24)13-16-9-11-18(26)12-10-16/h2-3,6,8-13H,4-5,7,14H2,1H3/b17-13+. The van der Waals surface area contributed by atoms with E-state index in [9.17, 15) is 4.79 Å². The van der Waals surface area contributed by atoms with Gasteiger partial charge in [-0.15, -0.1) is 10.2 Å². The number of para-hydroxylation sites is 1. The minimum absolute atomic E-state index is 0.0709. The highest BCUT2D eigenvalue weighted by Gasteiger charge is 2.26. The highest BCUT2D eigenvalue weighted by Crippen LogP contribution is 2.36. The van der Waals surface area contributed by atoms with Crippen LogP contribution in [0.5, 0.6) is 0 Å². The summed E-state index contributed by atoms with van der Waals surface area (Å²) < 4.78 is 10.9. The number of nitrogens with zero attached hydrogens (tertiary/aromatic N) is 3. The number of esters is 1. The third-order valence-corrected chi connectivity index (χ3v) is 5.73. The summed E-state index contributed by atoms with van der Waals surface area (Å²) in [7, 11) is 0. The van der Waals surface area contributed by atoms with Crippen molar-refractivity contribution in [1.82, 2.24) is 15.2 Å². The number of benzene rings is 2. The molecule has 160 valence electrons. The lowest BCUT2D eigenvalue weighted by Crippen LogP contribution is -2.15. The van der Waals surface area contributed by atoms with Gasteiger partial charge < -0.3 is 9.15 Å². The Morgan fingerprint density at radius 1 is 1.12 bits per heavy atom. The zero-order chi connectivity index (χ0) is 22.1. The number of fused-ring (bicyclic) bond motifs is 2. The lowest BCUT2D eigenvalue weighted by Gasteiger charge is -2.22. The van der Waals surface area contributed by atoms with E-state index >= 15 is 0 Å². The molecule has 0 saturated heterocycles. The maximum atomic E-state index is 13.2. The lowest BCUT2D eigenvalue weighted by molar-refractivity contribution is 0.0437. The Kier molecular flexibility index (Phi) is 5.45. The summed E-state index contributed by atoms with van der Waals surface area (Å²) in [6, 6.07) is 15.3. The van der Waals surface area contributed by atoms with Crippen LogP contribution in [0.15, 0.2) is 52.9 Å². The fourth-order valence-corrected chi connectivity index (χ4v) is 4.19. The number of aromatic nitrogens is 3. The van der Waals surface area contributed by atoms with E-state index in [2.05, 4.69) is 16.3 Å². The molecule has 7 heteroatoms. The molecule has 0 radical (unpaired) electrons. The number of allylic oxidation sites excluding steroid dienone is 1. The van der Waals surface area contributed by atoms with Crippen LogP contribution < -0.4 is 0 Å². The monoisotopic (exact) mass is 445 g/mol. The molecular weight excluding hydrogens is 426 g/mol. The van der Waals surface area contributed by atoms with Crippen LogP contribution in [0.25, 0.3) is 22.6 Å². The molecule has 0 spiro atoms. The van der Waals surface area contributed by atoms with Crippen LogP contribution in [0, 0.1) is 6.92 Å². The number of aryl methyl sites for hydroxylation is 1. The molecule has 2 heterocycles. The molecule has 2 aromatic carbocycles. The van der Waals surface area contributed by atoms with Gasteiger partial charge in [-0.05, 0) is 60.2 Å². The van der Waals surface area contributed by atoms with Gasteiger partial charge in [-0.1, -0.05) is 41.9 Å². The highest BCUT2D eigenvalue weighted by atomic mass is 35.5. The molecule has 1 aliphatic carbocycles. The molecule has 0 amide bonds. The second-order valence-electron chi connectivity index (χ2n) is 7.70. The van der Waals surface area contributed by atoms with E-state index in [1.165, 1.54) is 0 Å². The van der Waals surface area contributed by atoms with E-state index in [0.717, 1.165) is 52.6 Å². The first-order valence-electron chi connectivity index (χ1n) is 10.4. The zero-order valence-corrected chi connectivity index (χ0v) is 18.2. The average molecular weight is 446 g/mol. The molecular formula is C25H20ClN3O3. The van der Waals surface area contributed by atoms with Crippen molar-refractivity contribution < 1.29 is 13.9 Å². The predicted molar refractivity (Wildman–Crippen MR) is 122 cm³/mol. The highest BCUT2D eigenvalue weighted by molar-refractivity contribution is 6.30. The van der Waals surface area contributed by atoms with Crippen LogP contribution in [0.1, 0.15) is 51.8 Å². The number of carbonyl (C=O) groups is 1. The number of hydrogen-bond donors (Lipinski definition) is 0. The van der Waals surface area contributed by atoms with Crippen molar-refractivity contribution in [1.29, 1.82) is 0 Å². The van der Waals surface area contributed by atoms with Gasteiger partial charge in [-0.3, -0.25) is 0 Å². The van der Waals surface area contributed by atoms with Crippen molar-refractivity contribution in [3.05, 3.63) is 87.7 Å². The Bertz CT molecular complexity index is 1340. The smallest absolute Gasteiger partial charge is 0.339 e. The van der Waals surface area contributed by atoms with Gasteiger partial charge in [0.2, 0.25) is 5.89 Å². The van der Waals surface area contributed by atoms with E-state index in [4.69, 9.17) is 25.7 Å². The first-order valence-corrected chi connectivity index (χ1v) is 10.8. The maximum Gasteiger partial charge on any atom is 0.339 e. The number of ether oxygens (including phenoxy) is 1. The molecule has 4 aromatic rings. The number of halogens is 1. The fourth-order valence-electron chi connectivity index (χ4n) is 4.06. The van der Waals surface area contributed by atoms with Crippen molar-refractivity contribution >= 4 is 40.1 Å². The Labute approximate surface area is 189 Å². The van der Waals surface area contributed by atoms with E-state index < -0.39 is 5.97 Å². The minimum atomic E-state index is -0.413. The second kappa shape index (κ2) is 8.55. The van der Waals surface area contributed by atoms with Gasteiger partial charge in [0.15, 0.2) is 6.61 Å². The van der Waals surface area contributed by atoms with E-state index in [1.54, 1.807) is 6.92 Å². The first-order chi connectivity index (χ1) is 15.6. The van der Waals surface area contributed by atoms with E-state index in [0.29, 0.717) is 16.5 Å². The summed E-state index contributed by atoms with van der Waals surface area (Å²) in [5, 5.41) is 9.16. The summed E-state index contributed by atoms with van der Waals surface area (Å²) in [6.07, 6.45) is 4.69. The third-order valence-electron chi connectivity index (χ3n) is 5.48. The zero-order valence-electron chi connectivity index (χ0n) is 17.5. The molecule has 32 heavy (non-hydrogen) atoms. The van der Waals surface area contributed by atoms with Crippen LogP contribution in [0.3, 0.4) is 0 Å². The van der Waals surface area contributed by atoms with Crippen molar-refractivity contribution in [3.8, 4) is 0 Å². The van der Waals surface area contributed by atoms with Gasteiger partial charge >= 0.3 is 5.97 Å². The molecule has 0 bridgehead atoms. The maximum absolute atomic E-state index is 13.2. The molecule has 5 rings (SSSR count). The summed E-state index contributed by atoms with van der Waals surface area (Å²) in [5.74, 6) is 0.287. The van der Waals surface area contributed by atoms with E-state index in [1.807, 2.05) is 48.5 Å². The minimum Gasteiger partial charge on any atom is -0.452 e. The van der Waals surface area contributed by atoms with Crippen molar-refractivity contribution in [3.63, 3.8) is 0 Å². The predicted octanol–water partition coefficient (Wildman–Crippen LogP) is 5.81. The van der Waals surface area contributed by atoms with Crippen LogP contribution in [-0.2, 0) is 17.8 Å². The van der Waals surface area contributed by atoms with Crippen molar-refractivity contribution in [2.75, 3.05) is 0 Å². The SMILES string of the molecule is Cc1nnc(COC(=O)c2c3c(nc4ccccc24)/C(=C/c2ccc(Cl)cc2)CCC3)o1. The molecule has 0 saturated carbocycles. The Balaban J connectivity index is 1.58. The van der Waals surface area contributed by atoms with Gasteiger partial charge in [-0.2, -0.15) is 0 Å². The largest absolute Gasteiger partial charge is 0.452 e. The third kappa shape index (κ3) is 4.01. The van der Waals surface area contributed by atoms with Crippen LogP contribution in [0.4, 0.5) is 0 Å². The molecule has 0 unspecified atom stereocenters. The fraction of sp³-hybridized carbons (Fsp3) is 0.200. The van der Waals surface area contributed by atoms with Gasteiger partial charge in [0.25, 0.3) is 5.89 Å². The van der Waals surface area contributed by atoms with Crippen LogP contribution in [-0.4, -0.2) is 21.2 Å². The number of pyridine rings is 1. The molecule has 1 aliphatic rings. The summed E-state index contributed by atoms with van der Waals surface area (Å²) >= 11 is 6.03. The Morgan fingerprint density at radius 3 is 2.72 bits per heavy atom. The van der Waals surface area contributed by atoms with E-state index in [-0.39, 0.29) is 12.5 Å². The molecule has 0 N–H and O–H groups in total. The first kappa shape index (κ1) is 20.4. The quantitative estimate of drug-likeness (QED) is 0.368. The van der Waals surface area contributed by atoms with Crippen molar-refractivity contribution in [2.24, 2.45) is 0 Å². The van der Waals surface area contributed by atoms with Crippen LogP contribution in [0.2, 0.25) is 5.02 Å². The number of carbonyl (C=O) groups excluding carboxylic acids is 1. The molecule has 2 aromatic heterocycles.